The largest absolute Gasteiger partial charge is 0.459 e. The second-order valence-corrected chi connectivity index (χ2v) is 7.81. The first kappa shape index (κ1) is 20.0. The van der Waals surface area contributed by atoms with Crippen molar-refractivity contribution >= 4 is 11.8 Å². The van der Waals surface area contributed by atoms with E-state index >= 15 is 0 Å². The van der Waals surface area contributed by atoms with Gasteiger partial charge in [0.1, 0.15) is 0 Å². The lowest BCUT2D eigenvalue weighted by atomic mass is 9.93. The number of hydrogen-bond donors (Lipinski definition) is 1. The molecule has 0 bridgehead atoms. The molecule has 1 aliphatic rings. The van der Waals surface area contributed by atoms with Crippen LogP contribution in [-0.4, -0.2) is 29.8 Å². The normalized spacial score (nSPS) is 15.6. The lowest BCUT2D eigenvalue weighted by molar-refractivity contribution is -0.126. The highest BCUT2D eigenvalue weighted by atomic mass is 16.3. The van der Waals surface area contributed by atoms with E-state index < -0.39 is 0 Å². The summed E-state index contributed by atoms with van der Waals surface area (Å²) in [5.41, 5.74) is 3.30. The Morgan fingerprint density at radius 1 is 0.933 bits per heavy atom. The van der Waals surface area contributed by atoms with Crippen LogP contribution in [0.5, 0.6) is 0 Å². The van der Waals surface area contributed by atoms with E-state index in [-0.39, 0.29) is 23.8 Å². The van der Waals surface area contributed by atoms with Gasteiger partial charge >= 0.3 is 0 Å². The smallest absolute Gasteiger partial charge is 0.289 e. The number of amides is 2. The number of nitrogens with one attached hydrogen (secondary N) is 1. The van der Waals surface area contributed by atoms with E-state index in [2.05, 4.69) is 36.5 Å². The van der Waals surface area contributed by atoms with Crippen LogP contribution in [-0.2, 0) is 4.79 Å². The summed E-state index contributed by atoms with van der Waals surface area (Å²) in [5, 5.41) is 3.25. The molecule has 1 aromatic heterocycles. The lowest BCUT2D eigenvalue weighted by Gasteiger charge is -2.32. The molecule has 0 spiro atoms. The summed E-state index contributed by atoms with van der Waals surface area (Å²) in [6.07, 6.45) is 2.80. The van der Waals surface area contributed by atoms with Crippen molar-refractivity contribution in [3.8, 4) is 0 Å². The highest BCUT2D eigenvalue weighted by Gasteiger charge is 2.30. The third kappa shape index (κ3) is 4.46. The summed E-state index contributed by atoms with van der Waals surface area (Å²) in [7, 11) is 0. The van der Waals surface area contributed by atoms with Crippen molar-refractivity contribution in [2.75, 3.05) is 13.1 Å². The number of rotatable bonds is 5. The van der Waals surface area contributed by atoms with Gasteiger partial charge in [-0.1, -0.05) is 60.2 Å². The van der Waals surface area contributed by atoms with Crippen molar-refractivity contribution < 1.29 is 14.0 Å². The molecule has 30 heavy (non-hydrogen) atoms. The molecule has 0 radical (unpaired) electrons. The van der Waals surface area contributed by atoms with Crippen LogP contribution in [0.25, 0.3) is 0 Å². The Bertz CT molecular complexity index is 973. The van der Waals surface area contributed by atoms with E-state index in [9.17, 15) is 9.59 Å². The first-order valence-corrected chi connectivity index (χ1v) is 10.4. The molecular weight excluding hydrogens is 376 g/mol. The fourth-order valence-corrected chi connectivity index (χ4v) is 3.92. The molecule has 1 N–H and O–H groups in total. The summed E-state index contributed by atoms with van der Waals surface area (Å²) >= 11 is 0. The average molecular weight is 402 g/mol. The molecule has 1 atom stereocenters. The van der Waals surface area contributed by atoms with Gasteiger partial charge in [-0.05, 0) is 43.0 Å². The third-order valence-electron chi connectivity index (χ3n) is 5.72. The molecule has 2 amide bonds. The Hall–Kier alpha value is -3.34. The van der Waals surface area contributed by atoms with Gasteiger partial charge in [0.25, 0.3) is 5.91 Å². The number of benzene rings is 2. The predicted molar refractivity (Wildman–Crippen MR) is 115 cm³/mol. The van der Waals surface area contributed by atoms with E-state index in [0.717, 1.165) is 11.1 Å². The molecule has 3 aromatic rings. The van der Waals surface area contributed by atoms with E-state index in [0.29, 0.717) is 31.7 Å². The molecular formula is C25H26N2O3. The molecule has 1 saturated heterocycles. The van der Waals surface area contributed by atoms with Gasteiger partial charge in [-0.15, -0.1) is 0 Å². The van der Waals surface area contributed by atoms with E-state index in [4.69, 9.17) is 4.42 Å². The van der Waals surface area contributed by atoms with Gasteiger partial charge in [-0.25, -0.2) is 0 Å². The van der Waals surface area contributed by atoms with Crippen LogP contribution in [0.15, 0.2) is 77.4 Å². The van der Waals surface area contributed by atoms with Gasteiger partial charge < -0.3 is 14.6 Å². The number of carbonyl (C=O) groups is 2. The van der Waals surface area contributed by atoms with E-state index in [1.54, 1.807) is 17.0 Å². The molecule has 5 nitrogen and oxygen atoms in total. The zero-order chi connectivity index (χ0) is 20.9. The van der Waals surface area contributed by atoms with Gasteiger partial charge in [-0.3, -0.25) is 9.59 Å². The molecule has 5 heteroatoms. The second kappa shape index (κ2) is 8.99. The maximum absolute atomic E-state index is 13.1. The van der Waals surface area contributed by atoms with Gasteiger partial charge in [0, 0.05) is 19.0 Å². The molecule has 2 aromatic carbocycles. The van der Waals surface area contributed by atoms with Crippen molar-refractivity contribution in [2.24, 2.45) is 5.92 Å². The minimum Gasteiger partial charge on any atom is -0.459 e. The zero-order valence-corrected chi connectivity index (χ0v) is 17.1. The van der Waals surface area contributed by atoms with Crippen LogP contribution in [0, 0.1) is 12.8 Å². The summed E-state index contributed by atoms with van der Waals surface area (Å²) in [4.78, 5) is 27.3. The quantitative estimate of drug-likeness (QED) is 0.690. The van der Waals surface area contributed by atoms with Crippen molar-refractivity contribution in [3.05, 3.63) is 95.4 Å². The molecule has 4 rings (SSSR count). The number of piperidine rings is 1. The van der Waals surface area contributed by atoms with Crippen LogP contribution in [0.1, 0.15) is 46.1 Å². The summed E-state index contributed by atoms with van der Waals surface area (Å²) in [6, 6.07) is 21.5. The number of aryl methyl sites for hydroxylation is 1. The highest BCUT2D eigenvalue weighted by Crippen LogP contribution is 2.25. The Morgan fingerprint density at radius 2 is 1.60 bits per heavy atom. The van der Waals surface area contributed by atoms with E-state index in [1.807, 2.05) is 30.3 Å². The first-order chi connectivity index (χ1) is 14.6. The Balaban J connectivity index is 1.43. The van der Waals surface area contributed by atoms with Gasteiger partial charge in [0.2, 0.25) is 5.91 Å². The molecule has 1 aliphatic heterocycles. The minimum absolute atomic E-state index is 0.0366. The zero-order valence-electron chi connectivity index (χ0n) is 17.1. The SMILES string of the molecule is Cc1ccc(C(NC(=O)C2CCN(C(=O)c3ccco3)CC2)c2ccccc2)cc1. The second-order valence-electron chi connectivity index (χ2n) is 7.81. The van der Waals surface area contributed by atoms with Crippen molar-refractivity contribution in [1.29, 1.82) is 0 Å². The summed E-state index contributed by atoms with van der Waals surface area (Å²) in [6.45, 7) is 3.16. The fraction of sp³-hybridized carbons (Fsp3) is 0.280. The molecule has 2 heterocycles. The van der Waals surface area contributed by atoms with Crippen LogP contribution in [0.2, 0.25) is 0 Å². The topological polar surface area (TPSA) is 62.6 Å². The van der Waals surface area contributed by atoms with E-state index in [1.165, 1.54) is 11.8 Å². The Kier molecular flexibility index (Phi) is 5.98. The van der Waals surface area contributed by atoms with Crippen molar-refractivity contribution in [2.45, 2.75) is 25.8 Å². The fourth-order valence-electron chi connectivity index (χ4n) is 3.92. The van der Waals surface area contributed by atoms with Crippen molar-refractivity contribution in [1.82, 2.24) is 10.2 Å². The lowest BCUT2D eigenvalue weighted by Crippen LogP contribution is -2.43. The summed E-state index contributed by atoms with van der Waals surface area (Å²) < 4.78 is 5.21. The van der Waals surface area contributed by atoms with Gasteiger partial charge in [0.05, 0.1) is 12.3 Å². The number of carbonyl (C=O) groups excluding carboxylic acids is 2. The molecule has 1 fully saturated rings. The number of furan rings is 1. The monoisotopic (exact) mass is 402 g/mol. The number of hydrogen-bond acceptors (Lipinski definition) is 3. The average Bonchev–Trinajstić information content (AvgIpc) is 3.33. The Morgan fingerprint density at radius 3 is 2.23 bits per heavy atom. The number of nitrogens with zero attached hydrogens (tertiary/aromatic N) is 1. The van der Waals surface area contributed by atoms with Gasteiger partial charge in [-0.2, -0.15) is 0 Å². The molecule has 0 saturated carbocycles. The maximum atomic E-state index is 13.1. The summed E-state index contributed by atoms with van der Waals surface area (Å²) in [5.74, 6) is 0.166. The first-order valence-electron chi connectivity index (χ1n) is 10.4. The maximum Gasteiger partial charge on any atom is 0.289 e. The van der Waals surface area contributed by atoms with Crippen LogP contribution in [0.3, 0.4) is 0 Å². The minimum atomic E-state index is -0.193. The third-order valence-corrected chi connectivity index (χ3v) is 5.72. The van der Waals surface area contributed by atoms with Crippen LogP contribution < -0.4 is 5.32 Å². The van der Waals surface area contributed by atoms with Gasteiger partial charge in [0.15, 0.2) is 5.76 Å². The molecule has 1 unspecified atom stereocenters. The standard InChI is InChI=1S/C25H26N2O3/c1-18-9-11-20(12-10-18)23(19-6-3-2-4-7-19)26-24(28)21-13-15-27(16-14-21)25(29)22-8-5-17-30-22/h2-12,17,21,23H,13-16H2,1H3,(H,26,28). The molecule has 0 aliphatic carbocycles. The van der Waals surface area contributed by atoms with Crippen molar-refractivity contribution in [3.63, 3.8) is 0 Å². The van der Waals surface area contributed by atoms with Crippen LogP contribution in [0.4, 0.5) is 0 Å². The predicted octanol–water partition coefficient (Wildman–Crippen LogP) is 4.35. The molecule has 154 valence electrons. The Labute approximate surface area is 176 Å². The number of likely N-dealkylation sites (tertiary alicyclic amines) is 1. The van der Waals surface area contributed by atoms with Crippen LogP contribution >= 0.6 is 0 Å². The highest BCUT2D eigenvalue weighted by molar-refractivity contribution is 5.91.